The molecule has 0 bridgehead atoms. The lowest BCUT2D eigenvalue weighted by Gasteiger charge is -2.22. The van der Waals surface area contributed by atoms with E-state index >= 15 is 0 Å². The van der Waals surface area contributed by atoms with Crippen LogP contribution in [0.3, 0.4) is 0 Å². The Hall–Kier alpha value is -1.88. The Labute approximate surface area is 138 Å². The molecule has 1 saturated carbocycles. The van der Waals surface area contributed by atoms with Crippen molar-refractivity contribution in [3.05, 3.63) is 29.8 Å². The Balaban J connectivity index is 1.78. The largest absolute Gasteiger partial charge is 0.350 e. The number of rotatable bonds is 6. The third-order valence-corrected chi connectivity index (χ3v) is 4.01. The van der Waals surface area contributed by atoms with E-state index in [1.54, 1.807) is 24.3 Å². The quantitative estimate of drug-likeness (QED) is 0.755. The van der Waals surface area contributed by atoms with Crippen LogP contribution in [0.1, 0.15) is 56.3 Å². The van der Waals surface area contributed by atoms with Gasteiger partial charge in [0.2, 0.25) is 5.91 Å². The normalized spacial score (nSPS) is 15.4. The van der Waals surface area contributed by atoms with Crippen molar-refractivity contribution >= 4 is 17.5 Å². The molecular formula is C18H27N3O2. The zero-order chi connectivity index (χ0) is 16.7. The van der Waals surface area contributed by atoms with E-state index in [0.29, 0.717) is 23.8 Å². The van der Waals surface area contributed by atoms with Gasteiger partial charge in [0.1, 0.15) is 0 Å². The first kappa shape index (κ1) is 17.5. The third-order valence-electron chi connectivity index (χ3n) is 4.01. The second-order valence-corrected chi connectivity index (χ2v) is 6.47. The number of benzene rings is 1. The fourth-order valence-corrected chi connectivity index (χ4v) is 2.80. The number of carbonyl (C=O) groups excluding carboxylic acids is 2. The number of carbonyl (C=O) groups is 2. The van der Waals surface area contributed by atoms with Crippen LogP contribution < -0.4 is 16.0 Å². The summed E-state index contributed by atoms with van der Waals surface area (Å²) in [5, 5.41) is 9.01. The molecule has 0 aromatic heterocycles. The molecule has 0 saturated heterocycles. The van der Waals surface area contributed by atoms with Gasteiger partial charge in [-0.15, -0.1) is 0 Å². The highest BCUT2D eigenvalue weighted by Crippen LogP contribution is 2.17. The Bertz CT molecular complexity index is 520. The molecule has 5 heteroatoms. The number of hydrogen-bond donors (Lipinski definition) is 3. The van der Waals surface area contributed by atoms with Crippen LogP contribution in [0.15, 0.2) is 24.3 Å². The summed E-state index contributed by atoms with van der Waals surface area (Å²) in [7, 11) is 0. The van der Waals surface area contributed by atoms with Crippen molar-refractivity contribution in [2.45, 2.75) is 58.0 Å². The number of nitrogens with one attached hydrogen (secondary N) is 3. The van der Waals surface area contributed by atoms with Crippen molar-refractivity contribution in [3.63, 3.8) is 0 Å². The van der Waals surface area contributed by atoms with Crippen molar-refractivity contribution in [1.82, 2.24) is 10.6 Å². The van der Waals surface area contributed by atoms with E-state index in [1.807, 2.05) is 13.8 Å². The molecule has 2 amide bonds. The average molecular weight is 317 g/mol. The predicted molar refractivity (Wildman–Crippen MR) is 92.5 cm³/mol. The van der Waals surface area contributed by atoms with Crippen LogP contribution in [0.5, 0.6) is 0 Å². The molecule has 0 aliphatic heterocycles. The fourth-order valence-electron chi connectivity index (χ4n) is 2.80. The maximum absolute atomic E-state index is 12.0. The molecule has 3 N–H and O–H groups in total. The molecule has 0 unspecified atom stereocenters. The first-order valence-corrected chi connectivity index (χ1v) is 8.49. The van der Waals surface area contributed by atoms with E-state index in [0.717, 1.165) is 12.8 Å². The summed E-state index contributed by atoms with van der Waals surface area (Å²) in [5.74, 6) is -0.146. The van der Waals surface area contributed by atoms with E-state index in [4.69, 9.17) is 0 Å². The Morgan fingerprint density at radius 2 is 1.74 bits per heavy atom. The van der Waals surface area contributed by atoms with Gasteiger partial charge in [-0.1, -0.05) is 19.3 Å². The van der Waals surface area contributed by atoms with Gasteiger partial charge in [0, 0.05) is 23.3 Å². The first-order valence-electron chi connectivity index (χ1n) is 8.49. The van der Waals surface area contributed by atoms with Gasteiger partial charge in [0.15, 0.2) is 0 Å². The lowest BCUT2D eigenvalue weighted by atomic mass is 9.95. The maximum Gasteiger partial charge on any atom is 0.251 e. The standard InChI is InChI=1S/C18H27N3O2/c1-13(2)20-18(23)14-8-10-16(11-9-14)21-17(22)12-19-15-6-4-3-5-7-15/h8-11,13,15,19H,3-7,12H2,1-2H3,(H,20,23)(H,21,22). The van der Waals surface area contributed by atoms with E-state index in [2.05, 4.69) is 16.0 Å². The zero-order valence-corrected chi connectivity index (χ0v) is 14.0. The molecular weight excluding hydrogens is 290 g/mol. The summed E-state index contributed by atoms with van der Waals surface area (Å²) >= 11 is 0. The van der Waals surface area contributed by atoms with Crippen LogP contribution in [0.2, 0.25) is 0 Å². The highest BCUT2D eigenvalue weighted by molar-refractivity contribution is 5.96. The number of anilines is 1. The molecule has 0 heterocycles. The molecule has 23 heavy (non-hydrogen) atoms. The van der Waals surface area contributed by atoms with Gasteiger partial charge in [0.25, 0.3) is 5.91 Å². The van der Waals surface area contributed by atoms with Gasteiger partial charge in [0.05, 0.1) is 6.54 Å². The lowest BCUT2D eigenvalue weighted by Crippen LogP contribution is -2.37. The lowest BCUT2D eigenvalue weighted by molar-refractivity contribution is -0.115. The summed E-state index contributed by atoms with van der Waals surface area (Å²) in [5.41, 5.74) is 1.30. The van der Waals surface area contributed by atoms with Crippen LogP contribution in [-0.2, 0) is 4.79 Å². The maximum atomic E-state index is 12.0. The average Bonchev–Trinajstić information content (AvgIpc) is 2.54. The topological polar surface area (TPSA) is 70.2 Å². The highest BCUT2D eigenvalue weighted by atomic mass is 16.2. The van der Waals surface area contributed by atoms with Crippen molar-refractivity contribution in [3.8, 4) is 0 Å². The van der Waals surface area contributed by atoms with Crippen molar-refractivity contribution in [1.29, 1.82) is 0 Å². The minimum atomic E-state index is -0.100. The first-order chi connectivity index (χ1) is 11.0. The molecule has 0 atom stereocenters. The van der Waals surface area contributed by atoms with Gasteiger partial charge in [-0.2, -0.15) is 0 Å². The van der Waals surface area contributed by atoms with Crippen molar-refractivity contribution in [2.75, 3.05) is 11.9 Å². The number of hydrogen-bond acceptors (Lipinski definition) is 3. The molecule has 1 aliphatic carbocycles. The molecule has 1 aromatic rings. The Morgan fingerprint density at radius 3 is 2.35 bits per heavy atom. The molecule has 1 fully saturated rings. The van der Waals surface area contributed by atoms with E-state index < -0.39 is 0 Å². The third kappa shape index (κ3) is 6.02. The van der Waals surface area contributed by atoms with Crippen LogP contribution in [0.25, 0.3) is 0 Å². The summed E-state index contributed by atoms with van der Waals surface area (Å²) < 4.78 is 0. The van der Waals surface area contributed by atoms with Crippen LogP contribution in [-0.4, -0.2) is 30.4 Å². The summed E-state index contributed by atoms with van der Waals surface area (Å²) in [6.07, 6.45) is 6.12. The van der Waals surface area contributed by atoms with Gasteiger partial charge in [-0.05, 0) is 51.0 Å². The SMILES string of the molecule is CC(C)NC(=O)c1ccc(NC(=O)CNC2CCCCC2)cc1. The van der Waals surface area contributed by atoms with Gasteiger partial charge >= 0.3 is 0 Å². The van der Waals surface area contributed by atoms with Crippen molar-refractivity contribution in [2.24, 2.45) is 0 Å². The predicted octanol–water partition coefficient (Wildman–Crippen LogP) is 2.69. The van der Waals surface area contributed by atoms with Gasteiger partial charge < -0.3 is 16.0 Å². The molecule has 126 valence electrons. The molecule has 2 rings (SSSR count). The smallest absolute Gasteiger partial charge is 0.251 e. The fraction of sp³-hybridized carbons (Fsp3) is 0.556. The Kier molecular flexibility index (Phi) is 6.59. The van der Waals surface area contributed by atoms with E-state index in [1.165, 1.54) is 19.3 Å². The molecule has 0 radical (unpaired) electrons. The Morgan fingerprint density at radius 1 is 1.09 bits per heavy atom. The van der Waals surface area contributed by atoms with Crippen LogP contribution >= 0.6 is 0 Å². The number of amides is 2. The summed E-state index contributed by atoms with van der Waals surface area (Å²) in [6, 6.07) is 7.54. The second-order valence-electron chi connectivity index (χ2n) is 6.47. The molecule has 5 nitrogen and oxygen atoms in total. The monoisotopic (exact) mass is 317 g/mol. The minimum Gasteiger partial charge on any atom is -0.350 e. The molecule has 0 spiro atoms. The zero-order valence-electron chi connectivity index (χ0n) is 14.0. The van der Waals surface area contributed by atoms with Crippen molar-refractivity contribution < 1.29 is 9.59 Å². The molecule has 1 aromatic carbocycles. The van der Waals surface area contributed by atoms with Gasteiger partial charge in [-0.25, -0.2) is 0 Å². The van der Waals surface area contributed by atoms with E-state index in [9.17, 15) is 9.59 Å². The highest BCUT2D eigenvalue weighted by Gasteiger charge is 2.14. The summed E-state index contributed by atoms with van der Waals surface area (Å²) in [4.78, 5) is 23.8. The van der Waals surface area contributed by atoms with Gasteiger partial charge in [-0.3, -0.25) is 9.59 Å². The molecule has 1 aliphatic rings. The van der Waals surface area contributed by atoms with E-state index in [-0.39, 0.29) is 17.9 Å². The minimum absolute atomic E-state index is 0.0463. The second kappa shape index (κ2) is 8.67. The van der Waals surface area contributed by atoms with Crippen LogP contribution in [0.4, 0.5) is 5.69 Å². The summed E-state index contributed by atoms with van der Waals surface area (Å²) in [6.45, 7) is 4.18. The van der Waals surface area contributed by atoms with Crippen LogP contribution in [0, 0.1) is 0 Å².